The molecule has 18 heavy (non-hydrogen) atoms. The van der Waals surface area contributed by atoms with E-state index in [1.807, 2.05) is 6.07 Å². The monoisotopic (exact) mass is 264 g/mol. The summed E-state index contributed by atoms with van der Waals surface area (Å²) in [5.74, 6) is 0. The minimum absolute atomic E-state index is 0.0730. The zero-order chi connectivity index (χ0) is 12.5. The molecule has 1 aliphatic rings. The first-order valence-corrected chi connectivity index (χ1v) is 6.42. The van der Waals surface area contributed by atoms with Crippen molar-refractivity contribution in [3.63, 3.8) is 0 Å². The first kappa shape index (κ1) is 11.7. The van der Waals surface area contributed by atoms with E-state index in [1.54, 1.807) is 16.8 Å². The molecule has 1 fully saturated rings. The fraction of sp³-hybridized carbons (Fsp3) is 0.385. The highest BCUT2D eigenvalue weighted by Gasteiger charge is 2.20. The fourth-order valence-electron chi connectivity index (χ4n) is 2.36. The van der Waals surface area contributed by atoms with Crippen LogP contribution in [0.5, 0.6) is 0 Å². The van der Waals surface area contributed by atoms with Gasteiger partial charge in [-0.15, -0.1) is 0 Å². The number of rotatable bonds is 2. The lowest BCUT2D eigenvalue weighted by atomic mass is 10.2. The predicted molar refractivity (Wildman–Crippen MR) is 69.0 cm³/mol. The van der Waals surface area contributed by atoms with Crippen molar-refractivity contribution in [2.75, 3.05) is 6.61 Å². The summed E-state index contributed by atoms with van der Waals surface area (Å²) in [6, 6.07) is 5.46. The van der Waals surface area contributed by atoms with Crippen LogP contribution in [0, 0.1) is 0 Å². The molecule has 4 nitrogen and oxygen atoms in total. The lowest BCUT2D eigenvalue weighted by Crippen LogP contribution is -2.19. The summed E-state index contributed by atoms with van der Waals surface area (Å²) in [6.45, 7) is 0.746. The number of hydrogen-bond donors (Lipinski definition) is 0. The predicted octanol–water partition coefficient (Wildman–Crippen LogP) is 3.20. The van der Waals surface area contributed by atoms with Crippen molar-refractivity contribution in [1.82, 2.24) is 9.78 Å². The summed E-state index contributed by atoms with van der Waals surface area (Å²) in [5.41, 5.74) is 1.31. The van der Waals surface area contributed by atoms with Gasteiger partial charge in [-0.3, -0.25) is 4.79 Å². The van der Waals surface area contributed by atoms with E-state index >= 15 is 0 Å². The van der Waals surface area contributed by atoms with Gasteiger partial charge >= 0.3 is 0 Å². The molecule has 3 rings (SSSR count). The lowest BCUT2D eigenvalue weighted by molar-refractivity contribution is -0.0367. The first-order valence-electron chi connectivity index (χ1n) is 6.04. The van der Waals surface area contributed by atoms with Gasteiger partial charge in [-0.25, -0.2) is 4.68 Å². The second-order valence-corrected chi connectivity index (χ2v) is 4.87. The van der Waals surface area contributed by atoms with Crippen LogP contribution in [0.2, 0.25) is 5.02 Å². The number of carbonyl (C=O) groups excluding carboxylic acids is 1. The Morgan fingerprint density at radius 2 is 2.33 bits per heavy atom. The van der Waals surface area contributed by atoms with Crippen LogP contribution in [0.3, 0.4) is 0 Å². The van der Waals surface area contributed by atoms with Crippen molar-refractivity contribution in [2.24, 2.45) is 0 Å². The Labute approximate surface area is 109 Å². The standard InChI is InChI=1S/C13H13ClN2O2/c14-9-4-5-12-10(7-9)11(8-17)15-16(12)13-3-1-2-6-18-13/h4-5,7-8,13H,1-3,6H2. The number of nitrogens with zero attached hydrogens (tertiary/aromatic N) is 2. The highest BCUT2D eigenvalue weighted by molar-refractivity contribution is 6.31. The van der Waals surface area contributed by atoms with E-state index < -0.39 is 0 Å². The minimum atomic E-state index is -0.0730. The molecule has 1 aromatic carbocycles. The molecule has 0 aliphatic carbocycles. The van der Waals surface area contributed by atoms with Gasteiger partial charge < -0.3 is 4.74 Å². The number of hydrogen-bond acceptors (Lipinski definition) is 3. The maximum atomic E-state index is 11.1. The van der Waals surface area contributed by atoms with E-state index in [4.69, 9.17) is 16.3 Å². The number of fused-ring (bicyclic) bond motifs is 1. The van der Waals surface area contributed by atoms with Crippen LogP contribution in [0.4, 0.5) is 0 Å². The Morgan fingerprint density at radius 3 is 3.06 bits per heavy atom. The number of aldehydes is 1. The summed E-state index contributed by atoms with van der Waals surface area (Å²) in [7, 11) is 0. The number of ether oxygens (including phenoxy) is 1. The number of aromatic nitrogens is 2. The molecule has 1 atom stereocenters. The third-order valence-electron chi connectivity index (χ3n) is 3.24. The molecule has 2 heterocycles. The molecule has 0 bridgehead atoms. The topological polar surface area (TPSA) is 44.1 Å². The maximum Gasteiger partial charge on any atom is 0.170 e. The molecule has 94 valence electrons. The molecule has 0 N–H and O–H groups in total. The second-order valence-electron chi connectivity index (χ2n) is 4.43. The van der Waals surface area contributed by atoms with Gasteiger partial charge in [-0.05, 0) is 37.5 Å². The van der Waals surface area contributed by atoms with E-state index in [9.17, 15) is 4.79 Å². The molecule has 1 unspecified atom stereocenters. The van der Waals surface area contributed by atoms with Crippen LogP contribution in [0.1, 0.15) is 36.0 Å². The van der Waals surface area contributed by atoms with E-state index in [-0.39, 0.29) is 6.23 Å². The minimum Gasteiger partial charge on any atom is -0.356 e. The van der Waals surface area contributed by atoms with Crippen LogP contribution in [0.15, 0.2) is 18.2 Å². The molecule has 1 saturated heterocycles. The Bertz CT molecular complexity index is 588. The summed E-state index contributed by atoms with van der Waals surface area (Å²) < 4.78 is 7.51. The molecule has 5 heteroatoms. The van der Waals surface area contributed by atoms with Gasteiger partial charge in [-0.2, -0.15) is 5.10 Å². The molecule has 0 amide bonds. The van der Waals surface area contributed by atoms with Crippen molar-refractivity contribution in [1.29, 1.82) is 0 Å². The van der Waals surface area contributed by atoms with Crippen molar-refractivity contribution < 1.29 is 9.53 Å². The zero-order valence-electron chi connectivity index (χ0n) is 9.80. The van der Waals surface area contributed by atoms with Gasteiger partial charge in [0.25, 0.3) is 0 Å². The summed E-state index contributed by atoms with van der Waals surface area (Å²) >= 11 is 5.96. The Kier molecular flexibility index (Phi) is 3.06. The van der Waals surface area contributed by atoms with E-state index in [0.29, 0.717) is 10.7 Å². The summed E-state index contributed by atoms with van der Waals surface area (Å²) in [4.78, 5) is 11.1. The average Bonchev–Trinajstić information content (AvgIpc) is 2.77. The third kappa shape index (κ3) is 1.91. The Morgan fingerprint density at radius 1 is 1.44 bits per heavy atom. The molecular formula is C13H13ClN2O2. The van der Waals surface area contributed by atoms with Gasteiger partial charge in [0.2, 0.25) is 0 Å². The molecule has 1 aliphatic heterocycles. The van der Waals surface area contributed by atoms with Crippen LogP contribution in [-0.4, -0.2) is 22.7 Å². The second kappa shape index (κ2) is 4.71. The molecule has 0 radical (unpaired) electrons. The maximum absolute atomic E-state index is 11.1. The largest absolute Gasteiger partial charge is 0.356 e. The van der Waals surface area contributed by atoms with Crippen LogP contribution in [-0.2, 0) is 4.74 Å². The average molecular weight is 265 g/mol. The Hall–Kier alpha value is -1.39. The van der Waals surface area contributed by atoms with E-state index in [0.717, 1.165) is 43.1 Å². The number of benzene rings is 1. The fourth-order valence-corrected chi connectivity index (χ4v) is 2.53. The Balaban J connectivity index is 2.13. The molecule has 0 saturated carbocycles. The van der Waals surface area contributed by atoms with Gasteiger partial charge in [0.05, 0.1) is 5.52 Å². The van der Waals surface area contributed by atoms with Crippen molar-refractivity contribution in [3.05, 3.63) is 28.9 Å². The molecule has 0 spiro atoms. The zero-order valence-corrected chi connectivity index (χ0v) is 10.6. The molecule has 2 aromatic rings. The first-order chi connectivity index (χ1) is 8.79. The van der Waals surface area contributed by atoms with Crippen LogP contribution in [0.25, 0.3) is 10.9 Å². The van der Waals surface area contributed by atoms with E-state index in [1.165, 1.54) is 0 Å². The quantitative estimate of drug-likeness (QED) is 0.783. The number of carbonyl (C=O) groups is 1. The van der Waals surface area contributed by atoms with Crippen LogP contribution >= 0.6 is 11.6 Å². The summed E-state index contributed by atoms with van der Waals surface area (Å²) in [5, 5.41) is 5.73. The van der Waals surface area contributed by atoms with Gasteiger partial charge in [0.1, 0.15) is 5.69 Å². The van der Waals surface area contributed by atoms with Crippen LogP contribution < -0.4 is 0 Å². The number of halogens is 1. The normalized spacial score (nSPS) is 20.2. The van der Waals surface area contributed by atoms with Gasteiger partial charge in [0.15, 0.2) is 12.5 Å². The highest BCUT2D eigenvalue weighted by atomic mass is 35.5. The smallest absolute Gasteiger partial charge is 0.170 e. The van der Waals surface area contributed by atoms with Crippen molar-refractivity contribution in [2.45, 2.75) is 25.5 Å². The lowest BCUT2D eigenvalue weighted by Gasteiger charge is -2.23. The summed E-state index contributed by atoms with van der Waals surface area (Å²) in [6.07, 6.45) is 3.82. The van der Waals surface area contributed by atoms with Gasteiger partial charge in [0, 0.05) is 17.0 Å². The van der Waals surface area contributed by atoms with Gasteiger partial charge in [-0.1, -0.05) is 11.6 Å². The SMILES string of the molecule is O=Cc1nn(C2CCCCO2)c2ccc(Cl)cc12. The molecular weight excluding hydrogens is 252 g/mol. The molecule has 1 aromatic heterocycles. The highest BCUT2D eigenvalue weighted by Crippen LogP contribution is 2.29. The van der Waals surface area contributed by atoms with Crippen molar-refractivity contribution >= 4 is 28.8 Å². The van der Waals surface area contributed by atoms with Crippen molar-refractivity contribution in [3.8, 4) is 0 Å². The van der Waals surface area contributed by atoms with E-state index in [2.05, 4.69) is 5.10 Å². The third-order valence-corrected chi connectivity index (χ3v) is 3.47.